The van der Waals surface area contributed by atoms with Gasteiger partial charge in [0.05, 0.1) is 37.3 Å². The summed E-state index contributed by atoms with van der Waals surface area (Å²) >= 11 is 0. The molecule has 9 aromatic rings. The van der Waals surface area contributed by atoms with Gasteiger partial charge in [0, 0.05) is 13.1 Å². The molecule has 9 nitrogen and oxygen atoms in total. The number of hydrogen-bond acceptors (Lipinski definition) is 6. The molecule has 9 rings (SSSR count). The minimum Gasteiger partial charge on any atom is -0.491 e. The second kappa shape index (κ2) is 28.7. The van der Waals surface area contributed by atoms with Gasteiger partial charge in [0.1, 0.15) is 42.9 Å². The Morgan fingerprint density at radius 2 is 0.560 bits per heavy atom. The number of rotatable bonds is 24. The van der Waals surface area contributed by atoms with Gasteiger partial charge >= 0.3 is 0 Å². The normalized spacial score (nSPS) is 12.3. The molecule has 0 bridgehead atoms. The number of nitrogens with zero attached hydrogens (tertiary/aromatic N) is 1. The third-order valence-electron chi connectivity index (χ3n) is 17.3. The van der Waals surface area contributed by atoms with Crippen LogP contribution in [0, 0.1) is 0 Å². The first kappa shape index (κ1) is 66.8. The van der Waals surface area contributed by atoms with Crippen LogP contribution in [0.5, 0.6) is 11.5 Å². The van der Waals surface area contributed by atoms with Crippen LogP contribution in [0.25, 0.3) is 0 Å². The largest absolute Gasteiger partial charge is 0.491 e. The fraction of sp³-hybridized carbons (Fsp3) is 0.329. The predicted octanol–water partition coefficient (Wildman–Crippen LogP) is 16.1. The van der Waals surface area contributed by atoms with E-state index >= 15 is 0 Å². The molecule has 2 amide bonds. The maximum Gasteiger partial charge on any atom is 0.257 e. The van der Waals surface area contributed by atoms with Gasteiger partial charge < -0.3 is 29.6 Å². The number of ether oxygens (including phenoxy) is 4. The van der Waals surface area contributed by atoms with E-state index in [2.05, 4.69) is 276 Å². The Kier molecular flexibility index (Phi) is 21.0. The number of hydrogen-bond donors (Lipinski definition) is 2. The second-order valence-corrected chi connectivity index (χ2v) is 28.0. The zero-order valence-corrected chi connectivity index (χ0v) is 55.9. The average Bonchev–Trinajstić information content (AvgIpc) is 0.758. The highest BCUT2D eigenvalue weighted by molar-refractivity contribution is 5.98. The summed E-state index contributed by atoms with van der Waals surface area (Å²) in [6, 6.07) is 76.5. The lowest BCUT2D eigenvalue weighted by Gasteiger charge is -2.37. The summed E-state index contributed by atoms with van der Waals surface area (Å²) in [6.07, 6.45) is 3.38. The van der Waals surface area contributed by atoms with E-state index in [0.717, 1.165) is 22.6 Å². The van der Waals surface area contributed by atoms with Crippen LogP contribution in [-0.2, 0) is 49.0 Å². The quantitative estimate of drug-likeness (QED) is 0.0355. The molecule has 0 saturated carbocycles. The highest BCUT2D eigenvalue weighted by Crippen LogP contribution is 2.48. The molecule has 0 fully saturated rings. The molecular weight excluding hydrogens is 1120 g/mol. The van der Waals surface area contributed by atoms with E-state index in [1.807, 2.05) is 24.3 Å². The van der Waals surface area contributed by atoms with E-state index < -0.39 is 10.8 Å². The number of carbonyl (C=O) groups excluding carboxylic acids is 2. The highest BCUT2D eigenvalue weighted by atomic mass is 16.5. The van der Waals surface area contributed by atoms with Crippen molar-refractivity contribution in [3.63, 3.8) is 0 Å². The van der Waals surface area contributed by atoms with E-state index in [-0.39, 0.29) is 59.8 Å². The Morgan fingerprint density at radius 1 is 0.319 bits per heavy atom. The minimum absolute atomic E-state index is 0.0187. The average molecular weight is 1220 g/mol. The summed E-state index contributed by atoms with van der Waals surface area (Å²) in [7, 11) is 1.79. The Balaban J connectivity index is 0.739. The number of benzene rings is 8. The Morgan fingerprint density at radius 3 is 0.824 bits per heavy atom. The van der Waals surface area contributed by atoms with Crippen LogP contribution in [0.3, 0.4) is 0 Å². The number of aryl methyl sites for hydroxylation is 1. The summed E-state index contributed by atoms with van der Waals surface area (Å²) in [4.78, 5) is 26.7. The number of aromatic nitrogens is 1. The van der Waals surface area contributed by atoms with Gasteiger partial charge in [-0.15, -0.1) is 0 Å². The van der Waals surface area contributed by atoms with Crippen LogP contribution in [0.15, 0.2) is 225 Å². The van der Waals surface area contributed by atoms with Crippen molar-refractivity contribution in [2.45, 2.75) is 116 Å². The first-order valence-corrected chi connectivity index (χ1v) is 32.1. The molecule has 91 heavy (non-hydrogen) atoms. The van der Waals surface area contributed by atoms with Crippen molar-refractivity contribution in [2.75, 3.05) is 52.7 Å². The zero-order valence-electron chi connectivity index (χ0n) is 55.9. The number of nitrogens with one attached hydrogen (secondary N) is 2. The van der Waals surface area contributed by atoms with Crippen molar-refractivity contribution in [1.29, 1.82) is 0 Å². The maximum atomic E-state index is 13.3. The van der Waals surface area contributed by atoms with Gasteiger partial charge in [-0.1, -0.05) is 265 Å². The number of amides is 2. The molecule has 1 aromatic heterocycles. The first-order valence-electron chi connectivity index (χ1n) is 32.1. The molecule has 2 N–H and O–H groups in total. The molecule has 0 spiro atoms. The molecule has 0 unspecified atom stereocenters. The van der Waals surface area contributed by atoms with E-state index in [1.54, 1.807) is 30.1 Å². The van der Waals surface area contributed by atoms with Gasteiger partial charge in [-0.3, -0.25) is 9.59 Å². The van der Waals surface area contributed by atoms with Gasteiger partial charge in [-0.25, -0.2) is 4.57 Å². The molecule has 0 aliphatic carbocycles. The summed E-state index contributed by atoms with van der Waals surface area (Å²) in [5.74, 6) is 0.857. The topological polar surface area (TPSA) is 99.0 Å². The molecule has 472 valence electrons. The summed E-state index contributed by atoms with van der Waals surface area (Å²) in [6.45, 7) is 29.5. The van der Waals surface area contributed by atoms with Crippen LogP contribution in [0.1, 0.15) is 171 Å². The minimum atomic E-state index is -0.598. The number of carbonyl (C=O) groups is 2. The van der Waals surface area contributed by atoms with Crippen molar-refractivity contribution in [3.05, 3.63) is 303 Å². The number of pyridine rings is 1. The Hall–Kier alpha value is -8.63. The van der Waals surface area contributed by atoms with E-state index in [4.69, 9.17) is 18.9 Å². The standard InChI is InChI=1S/C82H93N3O6/c1-77(2,3)61-24-32-67(33-25-61)81(65-20-16-14-17-21-65,68-34-26-62(27-35-68)78(4,5)6)71-40-44-73(45-41-71)90-54-52-88-50-48-83-75(86)59-56-60(58-85(13)57-59)76(87)84-49-51-89-53-55-91-74-46-42-72(43-47-74)82(66-22-18-15-19-23-66,69-36-28-63(29-37-69)79(7,8)9)70-38-30-64(31-39-70)80(10,11)12/h14-47,56-58H,48-55H2,1-13H3,(H-,83,84,86,87)/p+1. The van der Waals surface area contributed by atoms with Crippen molar-refractivity contribution in [1.82, 2.24) is 10.6 Å². The molecule has 0 saturated heterocycles. The molecule has 9 heteroatoms. The Labute approximate surface area is 542 Å². The van der Waals surface area contributed by atoms with Gasteiger partial charge in [0.25, 0.3) is 11.8 Å². The van der Waals surface area contributed by atoms with Crippen molar-refractivity contribution >= 4 is 11.8 Å². The van der Waals surface area contributed by atoms with Crippen LogP contribution in [0.2, 0.25) is 0 Å². The second-order valence-electron chi connectivity index (χ2n) is 28.0. The summed E-state index contributed by atoms with van der Waals surface area (Å²) in [5, 5.41) is 5.85. The van der Waals surface area contributed by atoms with Crippen molar-refractivity contribution < 1.29 is 33.1 Å². The zero-order chi connectivity index (χ0) is 65.0. The van der Waals surface area contributed by atoms with Gasteiger partial charge in [0.15, 0.2) is 12.4 Å². The maximum absolute atomic E-state index is 13.3. The van der Waals surface area contributed by atoms with E-state index in [0.29, 0.717) is 37.6 Å². The van der Waals surface area contributed by atoms with Crippen molar-refractivity contribution in [2.24, 2.45) is 7.05 Å². The summed E-state index contributed by atoms with van der Waals surface area (Å²) in [5.41, 5.74) is 14.1. The highest BCUT2D eigenvalue weighted by Gasteiger charge is 2.41. The first-order chi connectivity index (χ1) is 43.4. The van der Waals surface area contributed by atoms with Gasteiger partial charge in [0.2, 0.25) is 0 Å². The predicted molar refractivity (Wildman–Crippen MR) is 369 cm³/mol. The molecule has 1 heterocycles. The van der Waals surface area contributed by atoms with Gasteiger partial charge in [-0.05, 0) is 119 Å². The van der Waals surface area contributed by atoms with Crippen LogP contribution >= 0.6 is 0 Å². The van der Waals surface area contributed by atoms with Crippen LogP contribution in [-0.4, -0.2) is 64.5 Å². The lowest BCUT2D eigenvalue weighted by molar-refractivity contribution is -0.671. The van der Waals surface area contributed by atoms with Crippen LogP contribution in [0.4, 0.5) is 0 Å². The lowest BCUT2D eigenvalue weighted by Crippen LogP contribution is -2.36. The molecular formula is C82H94N3O6+. The lowest BCUT2D eigenvalue weighted by atomic mass is 9.64. The summed E-state index contributed by atoms with van der Waals surface area (Å²) < 4.78 is 25.9. The van der Waals surface area contributed by atoms with Gasteiger partial charge in [-0.2, -0.15) is 0 Å². The molecule has 8 aromatic carbocycles. The van der Waals surface area contributed by atoms with E-state index in [9.17, 15) is 9.59 Å². The molecule has 0 radical (unpaired) electrons. The SMILES string of the molecule is C[n+]1cc(C(=O)NCCOCCOc2ccc(C(c3ccccc3)(c3ccc(C(C)(C)C)cc3)c3ccc(C(C)(C)C)cc3)cc2)cc(C(=O)NCCOCCOc2ccc(C(c3ccccc3)(c3ccc(C(C)(C)C)cc3)c3ccc(C(C)(C)C)cc3)cc2)c1. The van der Waals surface area contributed by atoms with Crippen molar-refractivity contribution in [3.8, 4) is 11.5 Å². The smallest absolute Gasteiger partial charge is 0.257 e. The van der Waals surface area contributed by atoms with E-state index in [1.165, 1.54) is 55.6 Å². The molecule has 0 atom stereocenters. The molecule has 0 aliphatic heterocycles. The fourth-order valence-corrected chi connectivity index (χ4v) is 12.1. The third-order valence-corrected chi connectivity index (χ3v) is 17.3. The monoisotopic (exact) mass is 1220 g/mol. The fourth-order valence-electron chi connectivity index (χ4n) is 12.1. The Bertz CT molecular complexity index is 3430. The molecule has 0 aliphatic rings. The third kappa shape index (κ3) is 15.9. The van der Waals surface area contributed by atoms with Crippen LogP contribution < -0.4 is 24.7 Å².